The third-order valence-electron chi connectivity index (χ3n) is 2.48. The molecular formula is C13H10N2O5. The molecule has 0 aliphatic heterocycles. The second kappa shape index (κ2) is 5.27. The van der Waals surface area contributed by atoms with Gasteiger partial charge in [-0.15, -0.1) is 0 Å². The molecule has 0 radical (unpaired) electrons. The Labute approximate surface area is 113 Å². The molecule has 1 aromatic carbocycles. The van der Waals surface area contributed by atoms with Gasteiger partial charge in [-0.05, 0) is 24.3 Å². The molecule has 0 aliphatic carbocycles. The highest BCUT2D eigenvalue weighted by Gasteiger charge is 2.16. The van der Waals surface area contributed by atoms with Gasteiger partial charge in [-0.3, -0.25) is 4.79 Å². The van der Waals surface area contributed by atoms with Gasteiger partial charge in [0.25, 0.3) is 5.91 Å². The summed E-state index contributed by atoms with van der Waals surface area (Å²) in [5.41, 5.74) is -0.389. The van der Waals surface area contributed by atoms with Crippen molar-refractivity contribution >= 4 is 17.6 Å². The van der Waals surface area contributed by atoms with Gasteiger partial charge in [0.05, 0.1) is 11.3 Å². The molecule has 2 rings (SSSR count). The van der Waals surface area contributed by atoms with Crippen molar-refractivity contribution in [3.8, 4) is 11.5 Å². The maximum Gasteiger partial charge on any atom is 0.356 e. The predicted octanol–water partition coefficient (Wildman–Crippen LogP) is 1.44. The number of hydrogen-bond acceptors (Lipinski definition) is 5. The standard InChI is InChI=1S/C13H10N2O5/c16-7-3-4-8(10(17)6-7)12(18)15-9-2-1-5-14-11(9)13(19)20/h1-6,16-17H,(H,15,18)(H,19,20). The molecule has 0 spiro atoms. The number of rotatable bonds is 3. The van der Waals surface area contributed by atoms with Gasteiger partial charge in [-0.1, -0.05) is 0 Å². The van der Waals surface area contributed by atoms with Gasteiger partial charge < -0.3 is 20.6 Å². The number of nitrogens with one attached hydrogen (secondary N) is 1. The number of carbonyl (C=O) groups is 2. The first-order valence-electron chi connectivity index (χ1n) is 5.50. The number of phenolic OH excluding ortho intramolecular Hbond substituents is 2. The van der Waals surface area contributed by atoms with Crippen molar-refractivity contribution in [1.82, 2.24) is 4.98 Å². The van der Waals surface area contributed by atoms with Gasteiger partial charge in [0.2, 0.25) is 0 Å². The van der Waals surface area contributed by atoms with Gasteiger partial charge in [0, 0.05) is 12.3 Å². The fourth-order valence-electron chi connectivity index (χ4n) is 1.58. The van der Waals surface area contributed by atoms with Crippen LogP contribution in [-0.2, 0) is 0 Å². The van der Waals surface area contributed by atoms with Gasteiger partial charge in [0.15, 0.2) is 5.69 Å². The normalized spacial score (nSPS) is 10.0. The molecule has 20 heavy (non-hydrogen) atoms. The number of nitrogens with zero attached hydrogens (tertiary/aromatic N) is 1. The number of carboxylic acid groups (broad SMARTS) is 1. The zero-order chi connectivity index (χ0) is 14.7. The number of aromatic hydroxyl groups is 2. The van der Waals surface area contributed by atoms with E-state index < -0.39 is 17.6 Å². The maximum atomic E-state index is 11.9. The largest absolute Gasteiger partial charge is 0.508 e. The molecule has 0 fully saturated rings. The molecule has 0 unspecified atom stereocenters. The van der Waals surface area contributed by atoms with Crippen molar-refractivity contribution in [3.05, 3.63) is 47.8 Å². The molecular weight excluding hydrogens is 264 g/mol. The zero-order valence-corrected chi connectivity index (χ0v) is 10.1. The van der Waals surface area contributed by atoms with E-state index in [4.69, 9.17) is 10.2 Å². The SMILES string of the molecule is O=C(Nc1cccnc1C(=O)O)c1ccc(O)cc1O. The molecule has 102 valence electrons. The van der Waals surface area contributed by atoms with Crippen LogP contribution < -0.4 is 5.32 Å². The first kappa shape index (κ1) is 13.3. The van der Waals surface area contributed by atoms with Crippen LogP contribution in [0, 0.1) is 0 Å². The van der Waals surface area contributed by atoms with Gasteiger partial charge >= 0.3 is 5.97 Å². The molecule has 1 aromatic heterocycles. The second-order valence-corrected chi connectivity index (χ2v) is 3.86. The van der Waals surface area contributed by atoms with Crippen LogP contribution in [0.1, 0.15) is 20.8 Å². The summed E-state index contributed by atoms with van der Waals surface area (Å²) in [6.45, 7) is 0. The average Bonchev–Trinajstić information content (AvgIpc) is 2.38. The smallest absolute Gasteiger partial charge is 0.356 e. The summed E-state index contributed by atoms with van der Waals surface area (Å²) in [4.78, 5) is 26.5. The molecule has 4 N–H and O–H groups in total. The predicted molar refractivity (Wildman–Crippen MR) is 68.9 cm³/mol. The fraction of sp³-hybridized carbons (Fsp3) is 0. The molecule has 0 bridgehead atoms. The Kier molecular flexibility index (Phi) is 3.52. The van der Waals surface area contributed by atoms with Crippen LogP contribution in [0.4, 0.5) is 5.69 Å². The van der Waals surface area contributed by atoms with Gasteiger partial charge in [-0.2, -0.15) is 0 Å². The van der Waals surface area contributed by atoms with Gasteiger partial charge in [0.1, 0.15) is 11.5 Å². The fourth-order valence-corrected chi connectivity index (χ4v) is 1.58. The lowest BCUT2D eigenvalue weighted by molar-refractivity contribution is 0.0691. The summed E-state index contributed by atoms with van der Waals surface area (Å²) in [6, 6.07) is 6.31. The van der Waals surface area contributed by atoms with Crippen LogP contribution in [0.25, 0.3) is 0 Å². The first-order chi connectivity index (χ1) is 9.49. The number of anilines is 1. The van der Waals surface area contributed by atoms with E-state index >= 15 is 0 Å². The van der Waals surface area contributed by atoms with Crippen LogP contribution >= 0.6 is 0 Å². The Morgan fingerprint density at radius 3 is 2.55 bits per heavy atom. The maximum absolute atomic E-state index is 11.9. The number of carboxylic acids is 1. The van der Waals surface area contributed by atoms with Crippen LogP contribution in [0.2, 0.25) is 0 Å². The second-order valence-electron chi connectivity index (χ2n) is 3.86. The van der Waals surface area contributed by atoms with Crippen molar-refractivity contribution in [2.45, 2.75) is 0 Å². The zero-order valence-electron chi connectivity index (χ0n) is 10.1. The molecule has 0 saturated carbocycles. The van der Waals surface area contributed by atoms with Crippen molar-refractivity contribution in [3.63, 3.8) is 0 Å². The lowest BCUT2D eigenvalue weighted by atomic mass is 10.1. The Balaban J connectivity index is 2.30. The summed E-state index contributed by atoms with van der Waals surface area (Å²) < 4.78 is 0. The minimum absolute atomic E-state index is 0.0116. The number of phenols is 2. The van der Waals surface area contributed by atoms with Crippen LogP contribution in [-0.4, -0.2) is 32.2 Å². The van der Waals surface area contributed by atoms with E-state index in [1.54, 1.807) is 0 Å². The number of carbonyl (C=O) groups excluding carboxylic acids is 1. The molecule has 0 saturated heterocycles. The highest BCUT2D eigenvalue weighted by Crippen LogP contribution is 2.24. The first-order valence-corrected chi connectivity index (χ1v) is 5.50. The van der Waals surface area contributed by atoms with Crippen LogP contribution in [0.3, 0.4) is 0 Å². The summed E-state index contributed by atoms with van der Waals surface area (Å²) in [5.74, 6) is -2.59. The number of aromatic nitrogens is 1. The average molecular weight is 274 g/mol. The molecule has 2 aromatic rings. The number of aromatic carboxylic acids is 1. The Morgan fingerprint density at radius 2 is 1.90 bits per heavy atom. The Hall–Kier alpha value is -3.09. The third kappa shape index (κ3) is 2.66. The monoisotopic (exact) mass is 274 g/mol. The third-order valence-corrected chi connectivity index (χ3v) is 2.48. The van der Waals surface area contributed by atoms with Crippen molar-refractivity contribution in [2.24, 2.45) is 0 Å². The summed E-state index contributed by atoms with van der Waals surface area (Å²) >= 11 is 0. The molecule has 0 atom stereocenters. The highest BCUT2D eigenvalue weighted by molar-refractivity contribution is 6.08. The van der Waals surface area contributed by atoms with Crippen molar-refractivity contribution in [2.75, 3.05) is 5.32 Å². The molecule has 0 aliphatic rings. The Morgan fingerprint density at radius 1 is 1.15 bits per heavy atom. The summed E-state index contributed by atoms with van der Waals surface area (Å²) in [5, 5.41) is 30.0. The quantitative estimate of drug-likeness (QED) is 0.672. The minimum atomic E-state index is -1.28. The number of benzene rings is 1. The lowest BCUT2D eigenvalue weighted by Crippen LogP contribution is -2.15. The molecule has 7 nitrogen and oxygen atoms in total. The summed E-state index contributed by atoms with van der Waals surface area (Å²) in [7, 11) is 0. The molecule has 1 amide bonds. The topological polar surface area (TPSA) is 120 Å². The molecule has 7 heteroatoms. The van der Waals surface area contributed by atoms with Crippen LogP contribution in [0.5, 0.6) is 11.5 Å². The van der Waals surface area contributed by atoms with E-state index in [1.165, 1.54) is 30.5 Å². The molecule has 1 heterocycles. The number of amides is 1. The van der Waals surface area contributed by atoms with E-state index in [1.807, 2.05) is 0 Å². The van der Waals surface area contributed by atoms with E-state index in [0.29, 0.717) is 0 Å². The van der Waals surface area contributed by atoms with Crippen molar-refractivity contribution < 1.29 is 24.9 Å². The van der Waals surface area contributed by atoms with Gasteiger partial charge in [-0.25, -0.2) is 9.78 Å². The van der Waals surface area contributed by atoms with E-state index in [9.17, 15) is 14.7 Å². The highest BCUT2D eigenvalue weighted by atomic mass is 16.4. The minimum Gasteiger partial charge on any atom is -0.508 e. The lowest BCUT2D eigenvalue weighted by Gasteiger charge is -2.08. The van der Waals surface area contributed by atoms with E-state index in [-0.39, 0.29) is 22.7 Å². The van der Waals surface area contributed by atoms with Crippen molar-refractivity contribution in [1.29, 1.82) is 0 Å². The van der Waals surface area contributed by atoms with E-state index in [2.05, 4.69) is 10.3 Å². The Bertz CT molecular complexity index is 684. The van der Waals surface area contributed by atoms with E-state index in [0.717, 1.165) is 6.07 Å². The van der Waals surface area contributed by atoms with Crippen LogP contribution in [0.15, 0.2) is 36.5 Å². The summed E-state index contributed by atoms with van der Waals surface area (Å²) in [6.07, 6.45) is 1.29. The number of hydrogen-bond donors (Lipinski definition) is 4. The number of pyridine rings is 1.